The van der Waals surface area contributed by atoms with Crippen molar-refractivity contribution in [2.45, 2.75) is 9.79 Å². The molecular weight excluding hydrogens is 356 g/mol. The lowest BCUT2D eigenvalue weighted by atomic mass is 10.2. The molecule has 9 heteroatoms. The van der Waals surface area contributed by atoms with E-state index < -0.39 is 0 Å². The molecule has 0 atom stereocenters. The van der Waals surface area contributed by atoms with Crippen molar-refractivity contribution in [1.29, 1.82) is 0 Å². The van der Waals surface area contributed by atoms with Crippen molar-refractivity contribution in [1.82, 2.24) is 10.9 Å². The number of benzene rings is 2. The molecule has 0 saturated carbocycles. The standard InChI is InChI=1S/C14H14N4O2S2.ClH/c15-17-13(19)9-5-1-3-7-11(9)21-22-12-8-4-2-6-10(12)14(20)18-16;/h1-8H,15-16H2,(H,17,19)(H,18,20);1H. The molecule has 23 heavy (non-hydrogen) atoms. The highest BCUT2D eigenvalue weighted by atomic mass is 35.5. The van der Waals surface area contributed by atoms with Crippen LogP contribution in [-0.4, -0.2) is 11.8 Å². The smallest absolute Gasteiger partial charge is 0.266 e. The molecule has 0 unspecified atom stereocenters. The van der Waals surface area contributed by atoms with Crippen LogP contribution in [0.15, 0.2) is 58.3 Å². The normalized spacial score (nSPS) is 9.65. The van der Waals surface area contributed by atoms with E-state index in [9.17, 15) is 9.59 Å². The number of carbonyl (C=O) groups is 2. The van der Waals surface area contributed by atoms with E-state index in [2.05, 4.69) is 10.9 Å². The van der Waals surface area contributed by atoms with Crippen LogP contribution in [0.5, 0.6) is 0 Å². The zero-order chi connectivity index (χ0) is 15.9. The predicted molar refractivity (Wildman–Crippen MR) is 95.2 cm³/mol. The van der Waals surface area contributed by atoms with Gasteiger partial charge in [-0.25, -0.2) is 11.7 Å². The predicted octanol–water partition coefficient (Wildman–Crippen LogP) is 2.11. The molecule has 2 aromatic rings. The number of nitrogen functional groups attached to an aromatic ring is 2. The lowest BCUT2D eigenvalue weighted by Gasteiger charge is -2.09. The van der Waals surface area contributed by atoms with Gasteiger partial charge in [0.25, 0.3) is 11.8 Å². The minimum Gasteiger partial charge on any atom is -0.290 e. The highest BCUT2D eigenvalue weighted by Crippen LogP contribution is 2.40. The molecule has 0 aliphatic heterocycles. The largest absolute Gasteiger partial charge is 0.290 e. The maximum Gasteiger partial charge on any atom is 0.266 e. The van der Waals surface area contributed by atoms with E-state index in [4.69, 9.17) is 11.7 Å². The van der Waals surface area contributed by atoms with Crippen molar-refractivity contribution in [3.8, 4) is 0 Å². The average Bonchev–Trinajstić information content (AvgIpc) is 2.59. The Balaban J connectivity index is 0.00000264. The van der Waals surface area contributed by atoms with Gasteiger partial charge in [0.1, 0.15) is 0 Å². The number of hydrazine groups is 2. The first-order chi connectivity index (χ1) is 10.7. The van der Waals surface area contributed by atoms with Crippen LogP contribution in [0.1, 0.15) is 20.7 Å². The van der Waals surface area contributed by atoms with Gasteiger partial charge in [0.05, 0.1) is 11.1 Å². The zero-order valence-corrected chi connectivity index (χ0v) is 14.3. The summed E-state index contributed by atoms with van der Waals surface area (Å²) in [6.07, 6.45) is 0. The molecule has 0 radical (unpaired) electrons. The van der Waals surface area contributed by atoms with Gasteiger partial charge in [-0.05, 0) is 24.3 Å². The van der Waals surface area contributed by atoms with Crippen molar-refractivity contribution in [3.63, 3.8) is 0 Å². The molecule has 6 N–H and O–H groups in total. The molecule has 0 fully saturated rings. The van der Waals surface area contributed by atoms with Gasteiger partial charge in [0.15, 0.2) is 0 Å². The Morgan fingerprint density at radius 1 is 0.739 bits per heavy atom. The minimum atomic E-state index is -0.364. The second-order valence-electron chi connectivity index (χ2n) is 4.11. The minimum absolute atomic E-state index is 0. The van der Waals surface area contributed by atoms with Gasteiger partial charge in [0, 0.05) is 9.79 Å². The lowest BCUT2D eigenvalue weighted by Crippen LogP contribution is -2.30. The maximum absolute atomic E-state index is 11.7. The summed E-state index contributed by atoms with van der Waals surface area (Å²) in [5.41, 5.74) is 5.18. The first-order valence-corrected chi connectivity index (χ1v) is 8.37. The molecule has 0 aliphatic carbocycles. The second kappa shape index (κ2) is 9.43. The van der Waals surface area contributed by atoms with Gasteiger partial charge in [-0.15, -0.1) is 12.4 Å². The van der Waals surface area contributed by atoms with Crippen LogP contribution < -0.4 is 22.5 Å². The molecular formula is C14H15ClN4O2S2. The van der Waals surface area contributed by atoms with Crippen LogP contribution in [0.3, 0.4) is 0 Å². The first kappa shape index (κ1) is 19.3. The van der Waals surface area contributed by atoms with Gasteiger partial charge in [-0.1, -0.05) is 45.9 Å². The molecule has 2 rings (SSSR count). The Morgan fingerprint density at radius 3 is 1.43 bits per heavy atom. The van der Waals surface area contributed by atoms with Gasteiger partial charge >= 0.3 is 0 Å². The average molecular weight is 371 g/mol. The molecule has 0 bridgehead atoms. The molecule has 0 spiro atoms. The highest BCUT2D eigenvalue weighted by molar-refractivity contribution is 8.76. The third-order valence-electron chi connectivity index (χ3n) is 2.75. The molecule has 6 nitrogen and oxygen atoms in total. The van der Waals surface area contributed by atoms with Gasteiger partial charge in [-0.2, -0.15) is 0 Å². The number of amides is 2. The van der Waals surface area contributed by atoms with Gasteiger partial charge in [0.2, 0.25) is 0 Å². The summed E-state index contributed by atoms with van der Waals surface area (Å²) in [4.78, 5) is 25.0. The van der Waals surface area contributed by atoms with Crippen molar-refractivity contribution in [2.75, 3.05) is 0 Å². The van der Waals surface area contributed by atoms with Crippen LogP contribution in [0, 0.1) is 0 Å². The topological polar surface area (TPSA) is 110 Å². The van der Waals surface area contributed by atoms with E-state index in [1.807, 2.05) is 24.3 Å². The number of nitrogens with one attached hydrogen (secondary N) is 2. The maximum atomic E-state index is 11.7. The molecule has 0 aromatic heterocycles. The van der Waals surface area contributed by atoms with Crippen molar-refractivity contribution in [3.05, 3.63) is 59.7 Å². The Labute approximate surface area is 147 Å². The summed E-state index contributed by atoms with van der Waals surface area (Å²) in [7, 11) is 2.73. The Bertz CT molecular complexity index is 640. The number of hydrogen-bond acceptors (Lipinski definition) is 6. The fourth-order valence-electron chi connectivity index (χ4n) is 1.70. The Hall–Kier alpha value is -1.71. The van der Waals surface area contributed by atoms with E-state index in [1.165, 1.54) is 21.6 Å². The highest BCUT2D eigenvalue weighted by Gasteiger charge is 2.13. The first-order valence-electron chi connectivity index (χ1n) is 6.22. The van der Waals surface area contributed by atoms with Gasteiger partial charge < -0.3 is 0 Å². The third kappa shape index (κ3) is 4.88. The van der Waals surface area contributed by atoms with Crippen molar-refractivity contribution >= 4 is 45.8 Å². The van der Waals surface area contributed by atoms with E-state index in [1.54, 1.807) is 24.3 Å². The monoisotopic (exact) mass is 370 g/mol. The summed E-state index contributed by atoms with van der Waals surface area (Å²) >= 11 is 0. The molecule has 0 saturated heterocycles. The zero-order valence-electron chi connectivity index (χ0n) is 11.8. The van der Waals surface area contributed by atoms with E-state index in [0.717, 1.165) is 9.79 Å². The number of hydrogen-bond donors (Lipinski definition) is 4. The van der Waals surface area contributed by atoms with Crippen molar-refractivity contribution < 1.29 is 9.59 Å². The van der Waals surface area contributed by atoms with Crippen molar-refractivity contribution in [2.24, 2.45) is 11.7 Å². The second-order valence-corrected chi connectivity index (χ2v) is 6.32. The Morgan fingerprint density at radius 2 is 1.09 bits per heavy atom. The number of nitrogens with two attached hydrogens (primary N) is 2. The molecule has 2 amide bonds. The van der Waals surface area contributed by atoms with E-state index >= 15 is 0 Å². The number of carbonyl (C=O) groups excluding carboxylic acids is 2. The lowest BCUT2D eigenvalue weighted by molar-refractivity contribution is 0.0943. The fourth-order valence-corrected chi connectivity index (χ4v) is 4.06. The quantitative estimate of drug-likeness (QED) is 0.278. The van der Waals surface area contributed by atoms with Crippen LogP contribution in [-0.2, 0) is 0 Å². The summed E-state index contributed by atoms with van der Waals surface area (Å²) in [5, 5.41) is 0. The number of halogens is 1. The molecule has 0 aliphatic rings. The molecule has 0 heterocycles. The van der Waals surface area contributed by atoms with Crippen LogP contribution in [0.4, 0.5) is 0 Å². The summed E-state index contributed by atoms with van der Waals surface area (Å²) < 4.78 is 0. The SMILES string of the molecule is Cl.NNC(=O)c1ccccc1SSc1ccccc1C(=O)NN. The Kier molecular flexibility index (Phi) is 7.93. The van der Waals surface area contributed by atoms with Crippen LogP contribution >= 0.6 is 34.0 Å². The van der Waals surface area contributed by atoms with Crippen LogP contribution in [0.25, 0.3) is 0 Å². The van der Waals surface area contributed by atoms with Gasteiger partial charge in [-0.3, -0.25) is 20.4 Å². The molecule has 122 valence electrons. The van der Waals surface area contributed by atoms with E-state index in [-0.39, 0.29) is 24.2 Å². The summed E-state index contributed by atoms with van der Waals surface area (Å²) in [5.74, 6) is 9.63. The molecule has 2 aromatic carbocycles. The fraction of sp³-hybridized carbons (Fsp3) is 0. The third-order valence-corrected chi connectivity index (χ3v) is 5.23. The van der Waals surface area contributed by atoms with E-state index in [0.29, 0.717) is 11.1 Å². The van der Waals surface area contributed by atoms with Crippen LogP contribution in [0.2, 0.25) is 0 Å². The summed E-state index contributed by atoms with van der Waals surface area (Å²) in [6, 6.07) is 14.2. The number of rotatable bonds is 5. The summed E-state index contributed by atoms with van der Waals surface area (Å²) in [6.45, 7) is 0.